The van der Waals surface area contributed by atoms with Crippen LogP contribution in [-0.2, 0) is 0 Å². The van der Waals surface area contributed by atoms with Crippen molar-refractivity contribution < 1.29 is 0 Å². The van der Waals surface area contributed by atoms with E-state index in [2.05, 4.69) is 9.97 Å². The molecule has 62 valence electrons. The van der Waals surface area contributed by atoms with Crippen molar-refractivity contribution in [1.82, 2.24) is 14.5 Å². The van der Waals surface area contributed by atoms with Gasteiger partial charge in [-0.3, -0.25) is 4.57 Å². The summed E-state index contributed by atoms with van der Waals surface area (Å²) >= 11 is 1.61. The summed E-state index contributed by atoms with van der Waals surface area (Å²) in [5.74, 6) is 0.517. The number of hydrogen-bond donors (Lipinski definition) is 1. The van der Waals surface area contributed by atoms with Gasteiger partial charge in [-0.25, -0.2) is 9.97 Å². The molecule has 0 saturated heterocycles. The fourth-order valence-electron chi connectivity index (χ4n) is 0.905. The van der Waals surface area contributed by atoms with Gasteiger partial charge in [0.05, 0.1) is 6.20 Å². The van der Waals surface area contributed by atoms with E-state index in [-0.39, 0.29) is 0 Å². The molecule has 0 spiro atoms. The third-order valence-corrected chi connectivity index (χ3v) is 2.36. The van der Waals surface area contributed by atoms with Gasteiger partial charge in [0.2, 0.25) is 0 Å². The summed E-state index contributed by atoms with van der Waals surface area (Å²) < 4.78 is 1.81. The summed E-state index contributed by atoms with van der Waals surface area (Å²) in [4.78, 5) is 9.27. The monoisotopic (exact) mass is 180 g/mol. The molecule has 2 aromatic heterocycles. The van der Waals surface area contributed by atoms with Gasteiger partial charge in [-0.1, -0.05) is 0 Å². The number of nitrogen functional groups attached to an aromatic ring is 1. The van der Waals surface area contributed by atoms with Gasteiger partial charge >= 0.3 is 0 Å². The van der Waals surface area contributed by atoms with E-state index in [0.717, 1.165) is 5.13 Å². The predicted octanol–water partition coefficient (Wildman–Crippen LogP) is 1.22. The van der Waals surface area contributed by atoms with Crippen molar-refractivity contribution in [2.45, 2.75) is 6.92 Å². The second kappa shape index (κ2) is 2.60. The van der Waals surface area contributed by atoms with Crippen LogP contribution in [0, 0.1) is 6.92 Å². The second-order valence-electron chi connectivity index (χ2n) is 2.46. The largest absolute Gasteiger partial charge is 0.382 e. The van der Waals surface area contributed by atoms with Crippen LogP contribution in [0.2, 0.25) is 0 Å². The summed E-state index contributed by atoms with van der Waals surface area (Å²) in [5.41, 5.74) is 5.47. The highest BCUT2D eigenvalue weighted by molar-refractivity contribution is 7.13. The first kappa shape index (κ1) is 7.30. The fourth-order valence-corrected chi connectivity index (χ4v) is 1.61. The van der Waals surface area contributed by atoms with Crippen LogP contribution in [-0.4, -0.2) is 14.5 Å². The number of nitrogens with zero attached hydrogens (tertiary/aromatic N) is 3. The Morgan fingerprint density at radius 3 is 2.83 bits per heavy atom. The lowest BCUT2D eigenvalue weighted by Crippen LogP contribution is -1.87. The number of aryl methyl sites for hydroxylation is 1. The number of rotatable bonds is 1. The highest BCUT2D eigenvalue weighted by atomic mass is 32.1. The van der Waals surface area contributed by atoms with Crippen molar-refractivity contribution in [3.63, 3.8) is 0 Å². The molecule has 0 fully saturated rings. The van der Waals surface area contributed by atoms with E-state index in [0.29, 0.717) is 5.82 Å². The third kappa shape index (κ3) is 1.18. The van der Waals surface area contributed by atoms with E-state index >= 15 is 0 Å². The third-order valence-electron chi connectivity index (χ3n) is 1.43. The van der Waals surface area contributed by atoms with E-state index in [9.17, 15) is 0 Å². The Kier molecular flexibility index (Phi) is 1.58. The van der Waals surface area contributed by atoms with Crippen LogP contribution in [0.5, 0.6) is 0 Å². The standard InChI is InChI=1S/C7H8N4S/c1-5-2-9-7(12-5)11-3-6(8)10-4-11/h2-4H,8H2,1H3. The first-order valence-corrected chi connectivity index (χ1v) is 4.29. The Bertz CT molecular complexity index is 351. The quantitative estimate of drug-likeness (QED) is 0.717. The Morgan fingerprint density at radius 1 is 1.50 bits per heavy atom. The Balaban J connectivity index is 2.43. The molecule has 0 atom stereocenters. The SMILES string of the molecule is Cc1cnc(-n2cnc(N)c2)s1. The van der Waals surface area contributed by atoms with Crippen molar-refractivity contribution >= 4 is 17.2 Å². The van der Waals surface area contributed by atoms with Crippen molar-refractivity contribution in [3.05, 3.63) is 23.6 Å². The average molecular weight is 180 g/mol. The molecule has 2 rings (SSSR count). The van der Waals surface area contributed by atoms with Gasteiger partial charge in [0.25, 0.3) is 0 Å². The van der Waals surface area contributed by atoms with Crippen LogP contribution in [0.3, 0.4) is 0 Å². The van der Waals surface area contributed by atoms with Crippen molar-refractivity contribution in [1.29, 1.82) is 0 Å². The van der Waals surface area contributed by atoms with Gasteiger partial charge in [-0.15, -0.1) is 11.3 Å². The summed E-state index contributed by atoms with van der Waals surface area (Å²) in [6, 6.07) is 0. The smallest absolute Gasteiger partial charge is 0.195 e. The average Bonchev–Trinajstić information content (AvgIpc) is 2.58. The minimum absolute atomic E-state index is 0.517. The van der Waals surface area contributed by atoms with Crippen LogP contribution in [0.1, 0.15) is 4.88 Å². The lowest BCUT2D eigenvalue weighted by Gasteiger charge is -1.91. The maximum Gasteiger partial charge on any atom is 0.195 e. The number of aromatic nitrogens is 3. The minimum Gasteiger partial charge on any atom is -0.382 e. The molecule has 12 heavy (non-hydrogen) atoms. The summed E-state index contributed by atoms with van der Waals surface area (Å²) in [6.45, 7) is 2.02. The van der Waals surface area contributed by atoms with Crippen molar-refractivity contribution in [2.75, 3.05) is 5.73 Å². The second-order valence-corrected chi connectivity index (χ2v) is 3.67. The molecule has 0 aromatic carbocycles. The van der Waals surface area contributed by atoms with Crippen molar-refractivity contribution in [3.8, 4) is 5.13 Å². The first-order chi connectivity index (χ1) is 5.75. The number of imidazole rings is 1. The number of thiazole rings is 1. The van der Waals surface area contributed by atoms with E-state index in [1.54, 1.807) is 23.9 Å². The molecule has 4 nitrogen and oxygen atoms in total. The van der Waals surface area contributed by atoms with Crippen LogP contribution in [0.25, 0.3) is 5.13 Å². The van der Waals surface area contributed by atoms with E-state index < -0.39 is 0 Å². The predicted molar refractivity (Wildman–Crippen MR) is 48.4 cm³/mol. The molecule has 0 aliphatic heterocycles. The Hall–Kier alpha value is -1.36. The molecule has 2 heterocycles. The molecule has 0 aliphatic rings. The van der Waals surface area contributed by atoms with Gasteiger partial charge in [-0.05, 0) is 6.92 Å². The van der Waals surface area contributed by atoms with Gasteiger partial charge < -0.3 is 5.73 Å². The molecule has 0 radical (unpaired) electrons. The highest BCUT2D eigenvalue weighted by Gasteiger charge is 2.01. The van der Waals surface area contributed by atoms with Gasteiger partial charge in [0.1, 0.15) is 12.1 Å². The van der Waals surface area contributed by atoms with Gasteiger partial charge in [-0.2, -0.15) is 0 Å². The van der Waals surface area contributed by atoms with Crippen LogP contribution in [0.4, 0.5) is 5.82 Å². The summed E-state index contributed by atoms with van der Waals surface area (Å²) in [5, 5.41) is 0.900. The van der Waals surface area contributed by atoms with Crippen LogP contribution >= 0.6 is 11.3 Å². The molecule has 0 unspecified atom stereocenters. The molecular weight excluding hydrogens is 172 g/mol. The number of hydrogen-bond acceptors (Lipinski definition) is 4. The number of nitrogens with two attached hydrogens (primary N) is 1. The minimum atomic E-state index is 0.517. The molecular formula is C7H8N4S. The lowest BCUT2D eigenvalue weighted by molar-refractivity contribution is 1.03. The zero-order valence-corrected chi connectivity index (χ0v) is 7.38. The van der Waals surface area contributed by atoms with E-state index in [4.69, 9.17) is 5.73 Å². The normalized spacial score (nSPS) is 10.4. The zero-order chi connectivity index (χ0) is 8.55. The molecule has 0 bridgehead atoms. The van der Waals surface area contributed by atoms with Crippen molar-refractivity contribution in [2.24, 2.45) is 0 Å². The molecule has 0 saturated carbocycles. The molecule has 0 aliphatic carbocycles. The van der Waals surface area contributed by atoms with E-state index in [1.807, 2.05) is 17.7 Å². The zero-order valence-electron chi connectivity index (χ0n) is 6.56. The van der Waals surface area contributed by atoms with E-state index in [1.165, 1.54) is 4.88 Å². The topological polar surface area (TPSA) is 56.7 Å². The van der Waals surface area contributed by atoms with Crippen LogP contribution in [0.15, 0.2) is 18.7 Å². The summed E-state index contributed by atoms with van der Waals surface area (Å²) in [7, 11) is 0. The molecule has 2 aromatic rings. The molecule has 5 heteroatoms. The maximum atomic E-state index is 5.47. The van der Waals surface area contributed by atoms with Gasteiger partial charge in [0, 0.05) is 11.1 Å². The fraction of sp³-hybridized carbons (Fsp3) is 0.143. The maximum absolute atomic E-state index is 5.47. The highest BCUT2D eigenvalue weighted by Crippen LogP contribution is 2.16. The first-order valence-electron chi connectivity index (χ1n) is 3.48. The Labute approximate surface area is 73.7 Å². The van der Waals surface area contributed by atoms with Crippen LogP contribution < -0.4 is 5.73 Å². The molecule has 0 amide bonds. The summed E-state index contributed by atoms with van der Waals surface area (Å²) in [6.07, 6.45) is 5.24. The Morgan fingerprint density at radius 2 is 2.33 bits per heavy atom. The van der Waals surface area contributed by atoms with Gasteiger partial charge in [0.15, 0.2) is 5.13 Å². The lowest BCUT2D eigenvalue weighted by atomic mass is 10.7. The molecule has 2 N–H and O–H groups in total. The number of anilines is 1.